The summed E-state index contributed by atoms with van der Waals surface area (Å²) in [6, 6.07) is -1.18. The van der Waals surface area contributed by atoms with Gasteiger partial charge in [-0.05, 0) is 20.8 Å². The molecule has 0 aliphatic heterocycles. The molecule has 0 aromatic carbocycles. The maximum atomic E-state index is 11.6. The highest BCUT2D eigenvalue weighted by Gasteiger charge is 2.31. The van der Waals surface area contributed by atoms with Crippen molar-refractivity contribution in [2.45, 2.75) is 32.4 Å². The van der Waals surface area contributed by atoms with Gasteiger partial charge in [0, 0.05) is 7.05 Å². The number of carbonyl (C=O) groups excluding carboxylic acids is 2. The Hall–Kier alpha value is -1.38. The molecule has 8 nitrogen and oxygen atoms in total. The zero-order valence-corrected chi connectivity index (χ0v) is 10.4. The first kappa shape index (κ1) is 15.6. The Bertz CT molecular complexity index is 276. The fourth-order valence-corrected chi connectivity index (χ4v) is 0.942. The van der Waals surface area contributed by atoms with E-state index < -0.39 is 30.3 Å². The lowest BCUT2D eigenvalue weighted by Crippen LogP contribution is -2.49. The van der Waals surface area contributed by atoms with Crippen LogP contribution in [0.15, 0.2) is 0 Å². The van der Waals surface area contributed by atoms with Crippen LogP contribution in [0.5, 0.6) is 0 Å². The molecule has 0 fully saturated rings. The number of aliphatic hydroxyl groups excluding tert-OH is 1. The summed E-state index contributed by atoms with van der Waals surface area (Å²) in [5.74, 6) is 3.90. The van der Waals surface area contributed by atoms with E-state index in [1.54, 1.807) is 26.4 Å². The average Bonchev–Trinajstić information content (AvgIpc) is 2.16. The molecule has 1 amide bonds. The van der Waals surface area contributed by atoms with Crippen molar-refractivity contribution >= 4 is 12.1 Å². The second-order valence-electron chi connectivity index (χ2n) is 4.33. The first-order valence-corrected chi connectivity index (χ1v) is 4.96. The lowest BCUT2D eigenvalue weighted by Gasteiger charge is -2.28. The number of nitrogens with zero attached hydrogens (tertiary/aromatic N) is 1. The number of aliphatic hydroxyl groups is 1. The third-order valence-corrected chi connectivity index (χ3v) is 1.75. The molecule has 0 bridgehead atoms. The summed E-state index contributed by atoms with van der Waals surface area (Å²) in [6.45, 7) is 4.46. The molecule has 0 saturated carbocycles. The van der Waals surface area contributed by atoms with Gasteiger partial charge in [-0.2, -0.15) is 0 Å². The number of ether oxygens (including phenoxy) is 1. The van der Waals surface area contributed by atoms with Crippen LogP contribution in [0.3, 0.4) is 0 Å². The largest absolute Gasteiger partial charge is 0.444 e. The Labute approximate surface area is 99.6 Å². The van der Waals surface area contributed by atoms with E-state index in [9.17, 15) is 9.59 Å². The monoisotopic (exact) mass is 249 g/mol. The highest BCUT2D eigenvalue weighted by molar-refractivity contribution is 5.81. The quantitative estimate of drug-likeness (QED) is 0.438. The van der Waals surface area contributed by atoms with Gasteiger partial charge in [0.25, 0.3) is 0 Å². The number of likely N-dealkylation sites (N-methyl/N-ethyl adjacent to an activating group) is 1. The van der Waals surface area contributed by atoms with E-state index in [0.29, 0.717) is 0 Å². The Morgan fingerprint density at radius 3 is 2.35 bits per heavy atom. The van der Waals surface area contributed by atoms with Gasteiger partial charge in [0.15, 0.2) is 6.04 Å². The summed E-state index contributed by atoms with van der Waals surface area (Å²) in [5, 5.41) is 9.02. The van der Waals surface area contributed by atoms with E-state index in [1.165, 1.54) is 7.05 Å². The molecule has 0 aliphatic carbocycles. The van der Waals surface area contributed by atoms with Gasteiger partial charge >= 0.3 is 12.1 Å². The molecular weight excluding hydrogens is 230 g/mol. The standard InChI is InChI=1S/C9H19N3O5/c1-9(2,3)16-8(15)12(4)6(5-13)7(14)17-11-10/h6,11,13H,5,10H2,1-4H3. The lowest BCUT2D eigenvalue weighted by atomic mass is 10.2. The molecule has 0 radical (unpaired) electrons. The van der Waals surface area contributed by atoms with Crippen LogP contribution in [0.2, 0.25) is 0 Å². The smallest absolute Gasteiger partial charge is 0.410 e. The van der Waals surface area contributed by atoms with Crippen LogP contribution in [0.1, 0.15) is 20.8 Å². The predicted octanol–water partition coefficient (Wildman–Crippen LogP) is -0.864. The van der Waals surface area contributed by atoms with Crippen LogP contribution in [0, 0.1) is 0 Å². The van der Waals surface area contributed by atoms with Crippen LogP contribution in [-0.4, -0.2) is 47.4 Å². The van der Waals surface area contributed by atoms with Gasteiger partial charge in [-0.3, -0.25) is 4.90 Å². The molecule has 0 heterocycles. The summed E-state index contributed by atoms with van der Waals surface area (Å²) in [5.41, 5.74) is 0.992. The number of nitrogens with one attached hydrogen (secondary N) is 1. The van der Waals surface area contributed by atoms with Crippen molar-refractivity contribution in [2.24, 2.45) is 5.84 Å². The molecule has 0 rings (SSSR count). The van der Waals surface area contributed by atoms with Crippen molar-refractivity contribution in [1.29, 1.82) is 0 Å². The molecular formula is C9H19N3O5. The molecule has 4 N–H and O–H groups in total. The van der Waals surface area contributed by atoms with Crippen LogP contribution < -0.4 is 11.4 Å². The van der Waals surface area contributed by atoms with E-state index >= 15 is 0 Å². The number of hydrogen-bond acceptors (Lipinski definition) is 7. The second-order valence-corrected chi connectivity index (χ2v) is 4.33. The summed E-state index contributed by atoms with van der Waals surface area (Å²) in [6.07, 6.45) is -0.745. The third-order valence-electron chi connectivity index (χ3n) is 1.75. The van der Waals surface area contributed by atoms with Crippen LogP contribution >= 0.6 is 0 Å². The molecule has 8 heteroatoms. The highest BCUT2D eigenvalue weighted by Crippen LogP contribution is 2.11. The summed E-state index contributed by atoms with van der Waals surface area (Å²) >= 11 is 0. The van der Waals surface area contributed by atoms with Crippen molar-refractivity contribution in [3.05, 3.63) is 0 Å². The molecule has 0 spiro atoms. The number of hydrogen-bond donors (Lipinski definition) is 3. The molecule has 0 aromatic rings. The van der Waals surface area contributed by atoms with Crippen molar-refractivity contribution < 1.29 is 24.3 Å². The number of amides is 1. The zero-order chi connectivity index (χ0) is 13.6. The Balaban J connectivity index is 4.58. The highest BCUT2D eigenvalue weighted by atomic mass is 16.7. The predicted molar refractivity (Wildman–Crippen MR) is 58.3 cm³/mol. The second kappa shape index (κ2) is 6.38. The number of rotatable bonds is 4. The first-order valence-electron chi connectivity index (χ1n) is 4.96. The van der Waals surface area contributed by atoms with Crippen molar-refractivity contribution in [2.75, 3.05) is 13.7 Å². The van der Waals surface area contributed by atoms with E-state index in [2.05, 4.69) is 4.84 Å². The third kappa shape index (κ3) is 5.48. The molecule has 17 heavy (non-hydrogen) atoms. The summed E-state index contributed by atoms with van der Waals surface area (Å²) in [7, 11) is 1.31. The van der Waals surface area contributed by atoms with E-state index in [-0.39, 0.29) is 0 Å². The van der Waals surface area contributed by atoms with Gasteiger partial charge in [0.1, 0.15) is 5.60 Å². The summed E-state index contributed by atoms with van der Waals surface area (Å²) in [4.78, 5) is 28.1. The molecule has 1 unspecified atom stereocenters. The maximum absolute atomic E-state index is 11.6. The Kier molecular flexibility index (Phi) is 5.86. The van der Waals surface area contributed by atoms with Crippen LogP contribution in [0.25, 0.3) is 0 Å². The number of hydrazine groups is 1. The first-order chi connectivity index (χ1) is 7.72. The van der Waals surface area contributed by atoms with Gasteiger partial charge in [0.05, 0.1) is 6.61 Å². The summed E-state index contributed by atoms with van der Waals surface area (Å²) < 4.78 is 5.03. The van der Waals surface area contributed by atoms with Crippen LogP contribution in [-0.2, 0) is 14.4 Å². The fraction of sp³-hybridized carbons (Fsp3) is 0.778. The van der Waals surface area contributed by atoms with Crippen LogP contribution in [0.4, 0.5) is 4.79 Å². The normalized spacial score (nSPS) is 12.8. The minimum atomic E-state index is -1.18. The number of carbonyl (C=O) groups is 2. The van der Waals surface area contributed by atoms with Crippen molar-refractivity contribution in [3.63, 3.8) is 0 Å². The van der Waals surface area contributed by atoms with Gasteiger partial charge in [0.2, 0.25) is 0 Å². The fourth-order valence-electron chi connectivity index (χ4n) is 0.942. The van der Waals surface area contributed by atoms with Gasteiger partial charge in [-0.25, -0.2) is 15.4 Å². The van der Waals surface area contributed by atoms with E-state index in [1.807, 2.05) is 0 Å². The average molecular weight is 249 g/mol. The maximum Gasteiger partial charge on any atom is 0.410 e. The van der Waals surface area contributed by atoms with Crippen molar-refractivity contribution in [1.82, 2.24) is 10.5 Å². The Morgan fingerprint density at radius 2 is 2.00 bits per heavy atom. The SMILES string of the molecule is CN(C(=O)OC(C)(C)C)C(CO)C(=O)ONN. The molecule has 1 atom stereocenters. The van der Waals surface area contributed by atoms with Gasteiger partial charge in [-0.15, -0.1) is 0 Å². The minimum absolute atomic E-state index is 0.601. The van der Waals surface area contributed by atoms with Gasteiger partial charge < -0.3 is 14.7 Å². The van der Waals surface area contributed by atoms with Gasteiger partial charge in [-0.1, -0.05) is 5.59 Å². The van der Waals surface area contributed by atoms with Crippen molar-refractivity contribution in [3.8, 4) is 0 Å². The minimum Gasteiger partial charge on any atom is -0.444 e. The molecule has 0 saturated heterocycles. The molecule has 0 aromatic heterocycles. The lowest BCUT2D eigenvalue weighted by molar-refractivity contribution is -0.158. The zero-order valence-electron chi connectivity index (χ0n) is 10.4. The number of nitrogens with two attached hydrogens (primary N) is 1. The molecule has 100 valence electrons. The van der Waals surface area contributed by atoms with E-state index in [4.69, 9.17) is 15.7 Å². The molecule has 0 aliphatic rings. The Morgan fingerprint density at radius 1 is 1.47 bits per heavy atom. The topological polar surface area (TPSA) is 114 Å². The van der Waals surface area contributed by atoms with E-state index in [0.717, 1.165) is 4.90 Å².